The summed E-state index contributed by atoms with van der Waals surface area (Å²) in [5.41, 5.74) is 11.2. The van der Waals surface area contributed by atoms with Crippen LogP contribution in [0.15, 0.2) is 24.4 Å². The predicted molar refractivity (Wildman–Crippen MR) is 95.7 cm³/mol. The number of benzene rings is 1. The van der Waals surface area contributed by atoms with Crippen LogP contribution in [-0.4, -0.2) is 42.0 Å². The normalized spacial score (nSPS) is 11.3. The van der Waals surface area contributed by atoms with E-state index in [2.05, 4.69) is 20.6 Å². The average Bonchev–Trinajstić information content (AvgIpc) is 2.61. The molecular formula is C16H20N6O4. The maximum absolute atomic E-state index is 11.7. The molecule has 1 aromatic heterocycles. The molecule has 6 N–H and O–H groups in total. The number of ether oxygens (including phenoxy) is 2. The Morgan fingerprint density at radius 1 is 1.12 bits per heavy atom. The summed E-state index contributed by atoms with van der Waals surface area (Å²) in [5, 5.41) is 5.72. The van der Waals surface area contributed by atoms with Crippen molar-refractivity contribution in [2.24, 2.45) is 11.5 Å². The van der Waals surface area contributed by atoms with Gasteiger partial charge in [0.25, 0.3) is 5.91 Å². The van der Waals surface area contributed by atoms with Gasteiger partial charge in [-0.3, -0.25) is 9.59 Å². The molecule has 0 bridgehead atoms. The van der Waals surface area contributed by atoms with Crippen molar-refractivity contribution in [2.45, 2.75) is 13.0 Å². The lowest BCUT2D eigenvalue weighted by molar-refractivity contribution is -0.118. The summed E-state index contributed by atoms with van der Waals surface area (Å²) in [7, 11) is 3.04. The smallest absolute Gasteiger partial charge is 0.254 e. The fourth-order valence-corrected chi connectivity index (χ4v) is 2.01. The van der Waals surface area contributed by atoms with Gasteiger partial charge >= 0.3 is 0 Å². The van der Waals surface area contributed by atoms with E-state index in [-0.39, 0.29) is 17.3 Å². The van der Waals surface area contributed by atoms with Gasteiger partial charge in [-0.25, -0.2) is 4.98 Å². The highest BCUT2D eigenvalue weighted by Crippen LogP contribution is 2.28. The monoisotopic (exact) mass is 360 g/mol. The Labute approximate surface area is 149 Å². The molecule has 10 heteroatoms. The van der Waals surface area contributed by atoms with Crippen molar-refractivity contribution in [1.29, 1.82) is 0 Å². The number of carbonyl (C=O) groups excluding carboxylic acids is 2. The Morgan fingerprint density at radius 3 is 2.23 bits per heavy atom. The van der Waals surface area contributed by atoms with Crippen LogP contribution in [0, 0.1) is 0 Å². The van der Waals surface area contributed by atoms with Crippen LogP contribution >= 0.6 is 0 Å². The van der Waals surface area contributed by atoms with Crippen LogP contribution < -0.4 is 31.6 Å². The molecule has 138 valence electrons. The molecule has 0 aliphatic heterocycles. The van der Waals surface area contributed by atoms with Crippen molar-refractivity contribution < 1.29 is 19.1 Å². The molecule has 2 amide bonds. The van der Waals surface area contributed by atoms with Crippen LogP contribution in [0.4, 0.5) is 17.5 Å². The molecule has 1 aromatic carbocycles. The molecule has 0 aliphatic carbocycles. The molecule has 10 nitrogen and oxygen atoms in total. The van der Waals surface area contributed by atoms with E-state index in [0.717, 1.165) is 0 Å². The molecule has 2 rings (SSSR count). The summed E-state index contributed by atoms with van der Waals surface area (Å²) in [4.78, 5) is 31.0. The molecule has 0 fully saturated rings. The summed E-state index contributed by atoms with van der Waals surface area (Å²) in [6.07, 6.45) is 1.26. The fourth-order valence-electron chi connectivity index (χ4n) is 2.01. The molecule has 2 aromatic rings. The Balaban J connectivity index is 2.40. The number of nitrogens with one attached hydrogen (secondary N) is 2. The zero-order valence-electron chi connectivity index (χ0n) is 14.6. The first-order valence-corrected chi connectivity index (χ1v) is 7.56. The third-order valence-electron chi connectivity index (χ3n) is 3.44. The van der Waals surface area contributed by atoms with E-state index in [0.29, 0.717) is 17.2 Å². The maximum Gasteiger partial charge on any atom is 0.254 e. The van der Waals surface area contributed by atoms with E-state index in [9.17, 15) is 9.59 Å². The van der Waals surface area contributed by atoms with Crippen LogP contribution in [0.25, 0.3) is 0 Å². The zero-order chi connectivity index (χ0) is 19.3. The highest BCUT2D eigenvalue weighted by atomic mass is 16.5. The summed E-state index contributed by atoms with van der Waals surface area (Å²) in [6, 6.07) is 4.38. The number of nitrogens with two attached hydrogens (primary N) is 2. The first kappa shape index (κ1) is 18.8. The van der Waals surface area contributed by atoms with Crippen molar-refractivity contribution >= 4 is 29.3 Å². The number of methoxy groups -OCH3 is 2. The standard InChI is InChI=1S/C16H20N6O4/c1-8(13(17)23)20-16-19-7-12(14(18)24)15(22-16)21-9-4-10(25-2)6-11(5-9)26-3/h4-8H,1-3H3,(H2,17,23)(H2,18,24)(H2,19,20,21,22). The van der Waals surface area contributed by atoms with Crippen LogP contribution in [0.5, 0.6) is 11.5 Å². The lowest BCUT2D eigenvalue weighted by atomic mass is 10.2. The van der Waals surface area contributed by atoms with Crippen molar-refractivity contribution in [3.05, 3.63) is 30.0 Å². The molecule has 0 saturated heterocycles. The lowest BCUT2D eigenvalue weighted by Gasteiger charge is -2.14. The SMILES string of the molecule is COc1cc(Nc2nc(NC(C)C(N)=O)ncc2C(N)=O)cc(OC)c1. The number of aromatic nitrogens is 2. The highest BCUT2D eigenvalue weighted by molar-refractivity contribution is 5.98. The van der Waals surface area contributed by atoms with Gasteiger partial charge in [-0.05, 0) is 6.92 Å². The molecule has 1 heterocycles. The first-order valence-electron chi connectivity index (χ1n) is 7.56. The van der Waals surface area contributed by atoms with Crippen molar-refractivity contribution in [3.8, 4) is 11.5 Å². The number of rotatable bonds is 8. The third-order valence-corrected chi connectivity index (χ3v) is 3.44. The summed E-state index contributed by atoms with van der Waals surface area (Å²) >= 11 is 0. The van der Waals surface area contributed by atoms with Crippen molar-refractivity contribution in [1.82, 2.24) is 9.97 Å². The van der Waals surface area contributed by atoms with E-state index < -0.39 is 17.9 Å². The van der Waals surface area contributed by atoms with Gasteiger partial charge in [-0.15, -0.1) is 0 Å². The second kappa shape index (κ2) is 8.01. The van der Waals surface area contributed by atoms with E-state index >= 15 is 0 Å². The minimum atomic E-state index is -0.711. The molecule has 0 radical (unpaired) electrons. The van der Waals surface area contributed by atoms with Gasteiger partial charge in [0.1, 0.15) is 28.9 Å². The largest absolute Gasteiger partial charge is 0.497 e. The second-order valence-corrected chi connectivity index (χ2v) is 5.31. The Morgan fingerprint density at radius 2 is 1.73 bits per heavy atom. The summed E-state index contributed by atoms with van der Waals surface area (Å²) in [5.74, 6) is 0.0709. The minimum absolute atomic E-state index is 0.0732. The molecule has 1 unspecified atom stereocenters. The minimum Gasteiger partial charge on any atom is -0.497 e. The molecule has 1 atom stereocenters. The third kappa shape index (κ3) is 4.50. The lowest BCUT2D eigenvalue weighted by Crippen LogP contribution is -2.33. The Kier molecular flexibility index (Phi) is 5.78. The fraction of sp³-hybridized carbons (Fsp3) is 0.250. The summed E-state index contributed by atoms with van der Waals surface area (Å²) in [6.45, 7) is 1.56. The highest BCUT2D eigenvalue weighted by Gasteiger charge is 2.16. The molecule has 0 aliphatic rings. The van der Waals surface area contributed by atoms with Gasteiger partial charge in [0, 0.05) is 30.1 Å². The molecule has 0 spiro atoms. The van der Waals surface area contributed by atoms with Crippen LogP contribution in [-0.2, 0) is 4.79 Å². The molecule has 26 heavy (non-hydrogen) atoms. The molecule has 0 saturated carbocycles. The number of carbonyl (C=O) groups is 2. The van der Waals surface area contributed by atoms with E-state index in [1.807, 2.05) is 0 Å². The van der Waals surface area contributed by atoms with E-state index in [1.165, 1.54) is 20.4 Å². The Bertz CT molecular complexity index is 804. The van der Waals surface area contributed by atoms with Gasteiger partial charge < -0.3 is 31.6 Å². The number of nitrogens with zero attached hydrogens (tertiary/aromatic N) is 2. The van der Waals surface area contributed by atoms with Gasteiger partial charge in [-0.2, -0.15) is 4.98 Å². The van der Waals surface area contributed by atoms with Crippen LogP contribution in [0.3, 0.4) is 0 Å². The van der Waals surface area contributed by atoms with Crippen molar-refractivity contribution in [2.75, 3.05) is 24.9 Å². The average molecular weight is 360 g/mol. The first-order chi connectivity index (χ1) is 12.3. The van der Waals surface area contributed by atoms with Gasteiger partial charge in [-0.1, -0.05) is 0 Å². The topological polar surface area (TPSA) is 154 Å². The zero-order valence-corrected chi connectivity index (χ0v) is 14.6. The molecular weight excluding hydrogens is 340 g/mol. The number of amides is 2. The van der Waals surface area contributed by atoms with E-state index in [1.54, 1.807) is 25.1 Å². The number of anilines is 3. The van der Waals surface area contributed by atoms with Gasteiger partial charge in [0.05, 0.1) is 14.2 Å². The van der Waals surface area contributed by atoms with Crippen LogP contribution in [0.2, 0.25) is 0 Å². The van der Waals surface area contributed by atoms with Crippen molar-refractivity contribution in [3.63, 3.8) is 0 Å². The predicted octanol–water partition coefficient (Wildman–Crippen LogP) is 0.622. The number of primary amides is 2. The van der Waals surface area contributed by atoms with Gasteiger partial charge in [0.2, 0.25) is 11.9 Å². The van der Waals surface area contributed by atoms with Crippen LogP contribution in [0.1, 0.15) is 17.3 Å². The number of hydrogen-bond donors (Lipinski definition) is 4. The quantitative estimate of drug-likeness (QED) is 0.534. The second-order valence-electron chi connectivity index (χ2n) is 5.31. The maximum atomic E-state index is 11.7. The summed E-state index contributed by atoms with van der Waals surface area (Å²) < 4.78 is 10.4. The van der Waals surface area contributed by atoms with E-state index in [4.69, 9.17) is 20.9 Å². The number of hydrogen-bond acceptors (Lipinski definition) is 8. The Hall–Kier alpha value is -3.56. The van der Waals surface area contributed by atoms with Gasteiger partial charge in [0.15, 0.2) is 0 Å².